The van der Waals surface area contributed by atoms with Crippen molar-refractivity contribution in [1.82, 2.24) is 25.8 Å². The third-order valence-electron chi connectivity index (χ3n) is 5.70. The highest BCUT2D eigenvalue weighted by molar-refractivity contribution is 6.07. The van der Waals surface area contributed by atoms with Crippen LogP contribution in [0.5, 0.6) is 5.75 Å². The van der Waals surface area contributed by atoms with Gasteiger partial charge in [-0.15, -0.1) is 0 Å². The number of phenolic OH excluding ortho intramolecular Hbond substituents is 1. The van der Waals surface area contributed by atoms with Crippen molar-refractivity contribution in [3.05, 3.63) is 41.6 Å². The molecule has 3 aromatic rings. The molecule has 1 saturated heterocycles. The van der Waals surface area contributed by atoms with Crippen LogP contribution in [0.25, 0.3) is 22.3 Å². The Balaban J connectivity index is 1.76. The molecule has 0 aliphatic carbocycles. The summed E-state index contributed by atoms with van der Waals surface area (Å²) < 4.78 is 0. The fourth-order valence-corrected chi connectivity index (χ4v) is 4.28. The van der Waals surface area contributed by atoms with Crippen LogP contribution < -0.4 is 10.6 Å². The number of fused-ring (bicyclic) bond motifs is 1. The molecule has 3 heterocycles. The summed E-state index contributed by atoms with van der Waals surface area (Å²) in [5.74, 6) is 0.0931. The normalized spacial score (nSPS) is 19.4. The Morgan fingerprint density at radius 3 is 2.79 bits per heavy atom. The first-order valence-corrected chi connectivity index (χ1v) is 10.2. The molecule has 1 fully saturated rings. The molecule has 0 bridgehead atoms. The quantitative estimate of drug-likeness (QED) is 0.533. The van der Waals surface area contributed by atoms with Crippen molar-refractivity contribution >= 4 is 16.9 Å². The number of phenols is 1. The summed E-state index contributed by atoms with van der Waals surface area (Å²) in [4.78, 5) is 18.1. The van der Waals surface area contributed by atoms with Crippen LogP contribution in [0.15, 0.2) is 30.3 Å². The molecule has 2 aromatic heterocycles. The highest BCUT2D eigenvalue weighted by Crippen LogP contribution is 2.28. The van der Waals surface area contributed by atoms with Gasteiger partial charge in [-0.05, 0) is 63.1 Å². The number of amides is 1. The number of nitrogens with zero attached hydrogens (tertiary/aromatic N) is 2. The zero-order valence-corrected chi connectivity index (χ0v) is 16.9. The van der Waals surface area contributed by atoms with Gasteiger partial charge < -0.3 is 15.7 Å². The highest BCUT2D eigenvalue weighted by Gasteiger charge is 2.33. The van der Waals surface area contributed by atoms with Gasteiger partial charge in [0.1, 0.15) is 5.75 Å². The molecule has 0 spiro atoms. The Bertz CT molecular complexity index is 1010. The number of pyridine rings is 1. The van der Waals surface area contributed by atoms with Crippen molar-refractivity contribution in [2.75, 3.05) is 13.1 Å². The minimum atomic E-state index is -0.226. The second kappa shape index (κ2) is 7.83. The first-order chi connectivity index (χ1) is 14.0. The van der Waals surface area contributed by atoms with Gasteiger partial charge in [-0.2, -0.15) is 5.10 Å². The van der Waals surface area contributed by atoms with Crippen LogP contribution in [0.3, 0.4) is 0 Å². The number of benzene rings is 1. The van der Waals surface area contributed by atoms with Crippen molar-refractivity contribution < 1.29 is 9.90 Å². The van der Waals surface area contributed by atoms with Crippen molar-refractivity contribution in [2.45, 2.75) is 45.1 Å². The summed E-state index contributed by atoms with van der Waals surface area (Å²) in [6, 6.07) is 8.63. The second-order valence-corrected chi connectivity index (χ2v) is 7.90. The van der Waals surface area contributed by atoms with Gasteiger partial charge >= 0.3 is 0 Å². The minimum Gasteiger partial charge on any atom is -0.508 e. The molecule has 1 atom stereocenters. The fourth-order valence-electron chi connectivity index (χ4n) is 4.28. The van der Waals surface area contributed by atoms with Gasteiger partial charge in [-0.1, -0.05) is 13.3 Å². The van der Waals surface area contributed by atoms with Crippen LogP contribution in [0.1, 0.15) is 48.7 Å². The molecule has 29 heavy (non-hydrogen) atoms. The number of hydrogen-bond donors (Lipinski definition) is 4. The topological polar surface area (TPSA) is 103 Å². The van der Waals surface area contributed by atoms with Crippen LogP contribution in [0, 0.1) is 6.92 Å². The van der Waals surface area contributed by atoms with Gasteiger partial charge in [0.15, 0.2) is 5.65 Å². The van der Waals surface area contributed by atoms with E-state index in [1.165, 1.54) is 0 Å². The molecule has 4 rings (SSSR count). The number of aromatic amines is 1. The predicted octanol–water partition coefficient (Wildman–Crippen LogP) is 3.29. The summed E-state index contributed by atoms with van der Waals surface area (Å²) in [6.07, 6.45) is 3.98. The number of piperidine rings is 1. The summed E-state index contributed by atoms with van der Waals surface area (Å²) in [6.45, 7) is 5.81. The summed E-state index contributed by atoms with van der Waals surface area (Å²) in [5.41, 5.74) is 3.18. The molecule has 4 N–H and O–H groups in total. The lowest BCUT2D eigenvalue weighted by Crippen LogP contribution is -2.57. The van der Waals surface area contributed by atoms with Crippen LogP contribution in [0.2, 0.25) is 0 Å². The van der Waals surface area contributed by atoms with E-state index < -0.39 is 0 Å². The van der Waals surface area contributed by atoms with Crippen molar-refractivity contribution in [3.63, 3.8) is 0 Å². The Hall–Kier alpha value is -2.93. The fraction of sp³-hybridized carbons (Fsp3) is 0.409. The summed E-state index contributed by atoms with van der Waals surface area (Å²) in [5, 5.41) is 24.3. The van der Waals surface area contributed by atoms with Crippen LogP contribution >= 0.6 is 0 Å². The molecular weight excluding hydrogens is 366 g/mol. The zero-order chi connectivity index (χ0) is 20.4. The largest absolute Gasteiger partial charge is 0.508 e. The molecule has 1 amide bonds. The lowest BCUT2D eigenvalue weighted by molar-refractivity contribution is 0.0872. The maximum absolute atomic E-state index is 13.4. The van der Waals surface area contributed by atoms with Gasteiger partial charge in [-0.3, -0.25) is 9.89 Å². The zero-order valence-electron chi connectivity index (χ0n) is 16.9. The number of carbonyl (C=O) groups excluding carboxylic acids is 1. The molecule has 152 valence electrons. The van der Waals surface area contributed by atoms with Gasteiger partial charge in [0.2, 0.25) is 0 Å². The number of aryl methyl sites for hydroxylation is 1. The Kier molecular flexibility index (Phi) is 5.24. The maximum Gasteiger partial charge on any atom is 0.252 e. The Labute approximate surface area is 169 Å². The average Bonchev–Trinajstić information content (AvgIpc) is 3.09. The van der Waals surface area contributed by atoms with Crippen LogP contribution in [-0.4, -0.2) is 44.8 Å². The molecule has 0 radical (unpaired) electrons. The lowest BCUT2D eigenvalue weighted by Gasteiger charge is -2.38. The van der Waals surface area contributed by atoms with E-state index in [0.717, 1.165) is 55.4 Å². The van der Waals surface area contributed by atoms with E-state index in [9.17, 15) is 9.90 Å². The van der Waals surface area contributed by atoms with E-state index in [-0.39, 0.29) is 17.2 Å². The van der Waals surface area contributed by atoms with Crippen molar-refractivity contribution in [2.24, 2.45) is 0 Å². The average molecular weight is 393 g/mol. The number of carbonyl (C=O) groups is 1. The van der Waals surface area contributed by atoms with Gasteiger partial charge in [0.25, 0.3) is 5.91 Å². The molecule has 1 aliphatic rings. The molecule has 7 nitrogen and oxygen atoms in total. The SMILES string of the molecule is CCCC1(NC(=O)c2cc(-c3ccc(O)cc3)nc3[nH]nc(C)c23)CCCNC1. The number of nitrogens with one attached hydrogen (secondary N) is 3. The second-order valence-electron chi connectivity index (χ2n) is 7.90. The first kappa shape index (κ1) is 19.4. The van der Waals surface area contributed by atoms with E-state index in [2.05, 4.69) is 32.7 Å². The Morgan fingerprint density at radius 2 is 2.10 bits per heavy atom. The molecule has 1 aliphatic heterocycles. The monoisotopic (exact) mass is 393 g/mol. The molecule has 1 unspecified atom stereocenters. The number of rotatable bonds is 5. The van der Waals surface area contributed by atoms with E-state index in [4.69, 9.17) is 0 Å². The highest BCUT2D eigenvalue weighted by atomic mass is 16.3. The summed E-state index contributed by atoms with van der Waals surface area (Å²) >= 11 is 0. The van der Waals surface area contributed by atoms with E-state index in [1.54, 1.807) is 24.3 Å². The van der Waals surface area contributed by atoms with E-state index in [1.807, 2.05) is 13.0 Å². The molecule has 0 saturated carbocycles. The third kappa shape index (κ3) is 3.82. The standard InChI is InChI=1S/C22H27N5O2/c1-3-9-22(10-4-11-23-13-22)25-21(29)17-12-18(15-5-7-16(28)8-6-15)24-20-19(17)14(2)26-27-20/h5-8,12,23,28H,3-4,9-11,13H2,1-2H3,(H,25,29)(H,24,26,27). The number of aromatic nitrogens is 3. The Morgan fingerprint density at radius 1 is 1.31 bits per heavy atom. The molecular formula is C22H27N5O2. The predicted molar refractivity (Wildman–Crippen MR) is 113 cm³/mol. The minimum absolute atomic E-state index is 0.0981. The van der Waals surface area contributed by atoms with E-state index in [0.29, 0.717) is 16.9 Å². The van der Waals surface area contributed by atoms with Crippen LogP contribution in [0.4, 0.5) is 0 Å². The van der Waals surface area contributed by atoms with Gasteiger partial charge in [-0.25, -0.2) is 4.98 Å². The van der Waals surface area contributed by atoms with Crippen molar-refractivity contribution in [1.29, 1.82) is 0 Å². The molecule has 1 aromatic carbocycles. The summed E-state index contributed by atoms with van der Waals surface area (Å²) in [7, 11) is 0. The lowest BCUT2D eigenvalue weighted by atomic mass is 9.85. The number of hydrogen-bond acceptors (Lipinski definition) is 5. The van der Waals surface area contributed by atoms with E-state index >= 15 is 0 Å². The third-order valence-corrected chi connectivity index (χ3v) is 5.70. The smallest absolute Gasteiger partial charge is 0.252 e. The van der Waals surface area contributed by atoms with Gasteiger partial charge in [0.05, 0.1) is 27.9 Å². The maximum atomic E-state index is 13.4. The van der Waals surface area contributed by atoms with Crippen molar-refractivity contribution in [3.8, 4) is 17.0 Å². The number of aromatic hydroxyl groups is 1. The number of H-pyrrole nitrogens is 1. The first-order valence-electron chi connectivity index (χ1n) is 10.2. The van der Waals surface area contributed by atoms with Crippen LogP contribution in [-0.2, 0) is 0 Å². The van der Waals surface area contributed by atoms with Gasteiger partial charge in [0, 0.05) is 12.1 Å². The molecule has 7 heteroatoms.